The van der Waals surface area contributed by atoms with Gasteiger partial charge in [-0.25, -0.2) is 9.97 Å². The van der Waals surface area contributed by atoms with Crippen LogP contribution in [0.5, 0.6) is 0 Å². The molecule has 3 nitrogen and oxygen atoms in total. The predicted molar refractivity (Wildman–Crippen MR) is 135 cm³/mol. The molecule has 0 aliphatic rings. The second kappa shape index (κ2) is 8.93. The fourth-order valence-corrected chi connectivity index (χ4v) is 5.13. The fourth-order valence-electron chi connectivity index (χ4n) is 4.23. The molecular weight excluding hydrogens is 410 g/mol. The van der Waals surface area contributed by atoms with Gasteiger partial charge in [-0.05, 0) is 36.1 Å². The zero-order chi connectivity index (χ0) is 21.9. The number of rotatable bonds is 6. The zero-order valence-corrected chi connectivity index (χ0v) is 19.1. The second-order valence-corrected chi connectivity index (χ2v) is 9.03. The van der Waals surface area contributed by atoms with E-state index < -0.39 is 0 Å². The molecule has 0 amide bonds. The summed E-state index contributed by atoms with van der Waals surface area (Å²) in [6, 6.07) is 27.9. The first kappa shape index (κ1) is 20.4. The Hall–Kier alpha value is -3.50. The number of hydrogen-bond acceptors (Lipinski definition) is 4. The maximum Gasteiger partial charge on any atom is 0.142 e. The van der Waals surface area contributed by atoms with Crippen molar-refractivity contribution in [2.45, 2.75) is 26.9 Å². The van der Waals surface area contributed by atoms with Gasteiger partial charge in [0.25, 0.3) is 0 Å². The first-order chi connectivity index (χ1) is 15.7. The molecule has 0 fully saturated rings. The molecule has 0 aliphatic carbocycles. The third-order valence-electron chi connectivity index (χ3n) is 5.75. The van der Waals surface area contributed by atoms with E-state index >= 15 is 0 Å². The summed E-state index contributed by atoms with van der Waals surface area (Å²) in [5.74, 6) is 0.985. The van der Waals surface area contributed by atoms with E-state index in [1.165, 1.54) is 33.4 Å². The van der Waals surface area contributed by atoms with E-state index in [0.29, 0.717) is 0 Å². The van der Waals surface area contributed by atoms with Gasteiger partial charge in [-0.1, -0.05) is 84.4 Å². The van der Waals surface area contributed by atoms with Crippen molar-refractivity contribution in [3.05, 3.63) is 113 Å². The summed E-state index contributed by atoms with van der Waals surface area (Å²) in [6.45, 7) is 5.88. The Bertz CT molecular complexity index is 1300. The summed E-state index contributed by atoms with van der Waals surface area (Å²) in [7, 11) is 0. The van der Waals surface area contributed by atoms with E-state index in [-0.39, 0.29) is 0 Å². The molecular formula is C28H25N3S. The van der Waals surface area contributed by atoms with E-state index in [1.807, 2.05) is 0 Å². The minimum absolute atomic E-state index is 0.782. The molecule has 0 saturated carbocycles. The highest BCUT2D eigenvalue weighted by Gasteiger charge is 2.19. The molecule has 5 rings (SSSR count). The lowest BCUT2D eigenvalue weighted by atomic mass is 9.99. The highest BCUT2D eigenvalue weighted by molar-refractivity contribution is 7.17. The van der Waals surface area contributed by atoms with Gasteiger partial charge in [0.15, 0.2) is 0 Å². The van der Waals surface area contributed by atoms with Crippen molar-refractivity contribution in [1.82, 2.24) is 9.97 Å². The normalized spacial score (nSPS) is 11.1. The first-order valence-electron chi connectivity index (χ1n) is 10.8. The summed E-state index contributed by atoms with van der Waals surface area (Å²) in [4.78, 5) is 12.8. The Morgan fingerprint density at radius 1 is 0.750 bits per heavy atom. The standard InChI is InChI=1S/C28H25N3S/c1-20-13-14-24(21(2)15-20)25-18-32-28-26(25)27(29-19-30-28)31(16-22-9-5-3-6-10-22)17-23-11-7-4-8-12-23/h3-15,18-19H,16-17H2,1-2H3. The molecule has 3 aromatic carbocycles. The van der Waals surface area contributed by atoms with E-state index in [4.69, 9.17) is 4.98 Å². The Morgan fingerprint density at radius 3 is 2.03 bits per heavy atom. The number of hydrogen-bond donors (Lipinski definition) is 0. The van der Waals surface area contributed by atoms with Crippen molar-refractivity contribution in [3.8, 4) is 11.1 Å². The van der Waals surface area contributed by atoms with Gasteiger partial charge in [-0.3, -0.25) is 0 Å². The smallest absolute Gasteiger partial charge is 0.142 e. The lowest BCUT2D eigenvalue weighted by molar-refractivity contribution is 0.786. The molecule has 0 N–H and O–H groups in total. The Balaban J connectivity index is 1.65. The van der Waals surface area contributed by atoms with Crippen LogP contribution in [0.25, 0.3) is 21.3 Å². The number of thiophene rings is 1. The van der Waals surface area contributed by atoms with Crippen molar-refractivity contribution in [2.24, 2.45) is 0 Å². The number of benzene rings is 3. The topological polar surface area (TPSA) is 29.0 Å². The van der Waals surface area contributed by atoms with Crippen LogP contribution in [0.15, 0.2) is 90.6 Å². The van der Waals surface area contributed by atoms with Gasteiger partial charge < -0.3 is 4.90 Å². The van der Waals surface area contributed by atoms with Crippen molar-refractivity contribution < 1.29 is 0 Å². The molecule has 4 heteroatoms. The number of fused-ring (bicyclic) bond motifs is 1. The first-order valence-corrected chi connectivity index (χ1v) is 11.7. The van der Waals surface area contributed by atoms with E-state index in [9.17, 15) is 0 Å². The molecule has 0 unspecified atom stereocenters. The van der Waals surface area contributed by atoms with Gasteiger partial charge in [0.1, 0.15) is 17.0 Å². The molecule has 0 radical (unpaired) electrons. The Morgan fingerprint density at radius 2 is 1.41 bits per heavy atom. The third-order valence-corrected chi connectivity index (χ3v) is 6.64. The predicted octanol–water partition coefficient (Wildman–Crippen LogP) is 7.18. The van der Waals surface area contributed by atoms with Crippen LogP contribution in [-0.2, 0) is 13.1 Å². The molecule has 0 aliphatic heterocycles. The van der Waals surface area contributed by atoms with Gasteiger partial charge in [0.05, 0.1) is 5.39 Å². The van der Waals surface area contributed by atoms with Gasteiger partial charge >= 0.3 is 0 Å². The van der Waals surface area contributed by atoms with Gasteiger partial charge in [-0.15, -0.1) is 11.3 Å². The molecule has 0 spiro atoms. The molecule has 2 heterocycles. The summed E-state index contributed by atoms with van der Waals surface area (Å²) in [6.07, 6.45) is 1.70. The van der Waals surface area contributed by atoms with Gasteiger partial charge in [0, 0.05) is 24.0 Å². The largest absolute Gasteiger partial charge is 0.347 e. The SMILES string of the molecule is Cc1ccc(-c2csc3ncnc(N(Cc4ccccc4)Cc4ccccc4)c23)c(C)c1. The monoisotopic (exact) mass is 435 g/mol. The number of aromatic nitrogens is 2. The lowest BCUT2D eigenvalue weighted by Gasteiger charge is -2.25. The maximum atomic E-state index is 4.83. The van der Waals surface area contributed by atoms with Crippen molar-refractivity contribution in [2.75, 3.05) is 4.90 Å². The molecule has 0 saturated heterocycles. The van der Waals surface area contributed by atoms with Crippen LogP contribution in [0.1, 0.15) is 22.3 Å². The van der Waals surface area contributed by atoms with Crippen LogP contribution in [0.3, 0.4) is 0 Å². The van der Waals surface area contributed by atoms with Crippen molar-refractivity contribution >= 4 is 27.4 Å². The van der Waals surface area contributed by atoms with Crippen molar-refractivity contribution in [1.29, 1.82) is 0 Å². The highest BCUT2D eigenvalue weighted by atomic mass is 32.1. The van der Waals surface area contributed by atoms with Crippen molar-refractivity contribution in [3.63, 3.8) is 0 Å². The van der Waals surface area contributed by atoms with Gasteiger partial charge in [0.2, 0.25) is 0 Å². The van der Waals surface area contributed by atoms with Crippen LogP contribution in [0.2, 0.25) is 0 Å². The quantitative estimate of drug-likeness (QED) is 0.283. The van der Waals surface area contributed by atoms with Crippen LogP contribution in [0.4, 0.5) is 5.82 Å². The maximum absolute atomic E-state index is 4.83. The summed E-state index contributed by atoms with van der Waals surface area (Å²) in [5, 5.41) is 3.36. The summed E-state index contributed by atoms with van der Waals surface area (Å²) >= 11 is 1.69. The molecule has 2 aromatic heterocycles. The minimum Gasteiger partial charge on any atom is -0.347 e. The number of nitrogens with zero attached hydrogens (tertiary/aromatic N) is 3. The summed E-state index contributed by atoms with van der Waals surface area (Å²) < 4.78 is 0. The average Bonchev–Trinajstić information content (AvgIpc) is 3.24. The average molecular weight is 436 g/mol. The van der Waals surface area contributed by atoms with Gasteiger partial charge in [-0.2, -0.15) is 0 Å². The minimum atomic E-state index is 0.782. The number of aryl methyl sites for hydroxylation is 2. The fraction of sp³-hybridized carbons (Fsp3) is 0.143. The highest BCUT2D eigenvalue weighted by Crippen LogP contribution is 2.40. The molecule has 32 heavy (non-hydrogen) atoms. The van der Waals surface area contributed by atoms with E-state index in [2.05, 4.69) is 108 Å². The molecule has 5 aromatic rings. The number of anilines is 1. The van der Waals surface area contributed by atoms with Crippen LogP contribution in [-0.4, -0.2) is 9.97 Å². The lowest BCUT2D eigenvalue weighted by Crippen LogP contribution is -2.23. The van der Waals surface area contributed by atoms with Crippen LogP contribution >= 0.6 is 11.3 Å². The molecule has 158 valence electrons. The van der Waals surface area contributed by atoms with Crippen LogP contribution < -0.4 is 4.90 Å². The third kappa shape index (κ3) is 4.14. The van der Waals surface area contributed by atoms with Crippen LogP contribution in [0, 0.1) is 13.8 Å². The summed E-state index contributed by atoms with van der Waals surface area (Å²) in [5.41, 5.74) is 7.53. The molecule has 0 atom stereocenters. The molecule has 0 bridgehead atoms. The van der Waals surface area contributed by atoms with E-state index in [1.54, 1.807) is 17.7 Å². The second-order valence-electron chi connectivity index (χ2n) is 8.17. The Labute approximate surface area is 193 Å². The van der Waals surface area contributed by atoms with E-state index in [0.717, 1.165) is 29.1 Å². The zero-order valence-electron chi connectivity index (χ0n) is 18.3. The Kier molecular flexibility index (Phi) is 5.70.